The van der Waals surface area contributed by atoms with Gasteiger partial charge in [-0.3, -0.25) is 4.79 Å². The topological polar surface area (TPSA) is 47.6 Å². The number of rotatable bonds is 9. The van der Waals surface area contributed by atoms with Gasteiger partial charge in [0.05, 0.1) is 6.10 Å². The van der Waals surface area contributed by atoms with Crippen LogP contribution in [0.5, 0.6) is 5.75 Å². The van der Waals surface area contributed by atoms with E-state index in [0.29, 0.717) is 13.2 Å². The van der Waals surface area contributed by atoms with Gasteiger partial charge in [-0.2, -0.15) is 0 Å². The summed E-state index contributed by atoms with van der Waals surface area (Å²) in [5, 5.41) is 2.82. The van der Waals surface area contributed by atoms with Crippen LogP contribution < -0.4 is 10.1 Å². The second-order valence-corrected chi connectivity index (χ2v) is 4.87. The van der Waals surface area contributed by atoms with Gasteiger partial charge >= 0.3 is 0 Å². The zero-order valence-corrected chi connectivity index (χ0v) is 12.6. The zero-order chi connectivity index (χ0) is 14.8. The molecule has 1 aromatic rings. The van der Waals surface area contributed by atoms with Gasteiger partial charge in [0, 0.05) is 13.2 Å². The van der Waals surface area contributed by atoms with Crippen LogP contribution in [-0.2, 0) is 16.0 Å². The quantitative estimate of drug-likeness (QED) is 0.707. The fraction of sp³-hybridized carbons (Fsp3) is 0.562. The minimum Gasteiger partial charge on any atom is -0.483 e. The van der Waals surface area contributed by atoms with Gasteiger partial charge in [0.2, 0.25) is 0 Å². The predicted molar refractivity (Wildman–Crippen MR) is 80.0 cm³/mol. The van der Waals surface area contributed by atoms with Crippen molar-refractivity contribution in [3.05, 3.63) is 29.8 Å². The molecule has 0 atom stereocenters. The van der Waals surface area contributed by atoms with Crippen molar-refractivity contribution in [3.8, 4) is 5.75 Å². The molecule has 0 aliphatic heterocycles. The summed E-state index contributed by atoms with van der Waals surface area (Å²) in [6.45, 7) is 7.40. The first kappa shape index (κ1) is 16.5. The van der Waals surface area contributed by atoms with Gasteiger partial charge in [0.15, 0.2) is 6.61 Å². The van der Waals surface area contributed by atoms with E-state index >= 15 is 0 Å². The monoisotopic (exact) mass is 279 g/mol. The maximum Gasteiger partial charge on any atom is 0.257 e. The number of carbonyl (C=O) groups excluding carboxylic acids is 1. The number of aryl methyl sites for hydroxylation is 1. The number of hydrogen-bond donors (Lipinski definition) is 1. The molecule has 20 heavy (non-hydrogen) atoms. The molecule has 1 N–H and O–H groups in total. The number of benzene rings is 1. The molecule has 0 aromatic heterocycles. The van der Waals surface area contributed by atoms with E-state index in [-0.39, 0.29) is 18.6 Å². The molecule has 1 amide bonds. The Morgan fingerprint density at radius 1 is 1.30 bits per heavy atom. The first-order chi connectivity index (χ1) is 9.63. The maximum absolute atomic E-state index is 11.6. The third-order valence-corrected chi connectivity index (χ3v) is 2.81. The van der Waals surface area contributed by atoms with Gasteiger partial charge in [-0.15, -0.1) is 0 Å². The lowest BCUT2D eigenvalue weighted by molar-refractivity contribution is -0.123. The van der Waals surface area contributed by atoms with Crippen molar-refractivity contribution in [2.75, 3.05) is 19.8 Å². The maximum atomic E-state index is 11.6. The molecule has 4 heteroatoms. The van der Waals surface area contributed by atoms with E-state index in [9.17, 15) is 4.79 Å². The number of para-hydroxylation sites is 1. The molecule has 1 rings (SSSR count). The molecule has 0 fully saturated rings. The number of amides is 1. The number of nitrogens with one attached hydrogen (secondary N) is 1. The van der Waals surface area contributed by atoms with Crippen molar-refractivity contribution in [1.29, 1.82) is 0 Å². The molecular weight excluding hydrogens is 254 g/mol. The molecule has 0 saturated carbocycles. The van der Waals surface area contributed by atoms with Gasteiger partial charge in [-0.1, -0.05) is 25.1 Å². The highest BCUT2D eigenvalue weighted by molar-refractivity contribution is 5.77. The van der Waals surface area contributed by atoms with Crippen molar-refractivity contribution >= 4 is 5.91 Å². The Morgan fingerprint density at radius 3 is 2.75 bits per heavy atom. The molecule has 0 saturated heterocycles. The van der Waals surface area contributed by atoms with Gasteiger partial charge in [-0.05, 0) is 38.3 Å². The standard InChI is InChI=1S/C16H25NO3/c1-4-14-8-5-6-9-15(14)20-12-16(18)17-10-7-11-19-13(2)3/h5-6,8-9,13H,4,7,10-12H2,1-3H3,(H,17,18). The fourth-order valence-electron chi connectivity index (χ4n) is 1.75. The van der Waals surface area contributed by atoms with Gasteiger partial charge in [-0.25, -0.2) is 0 Å². The van der Waals surface area contributed by atoms with Crippen LogP contribution in [0, 0.1) is 0 Å². The van der Waals surface area contributed by atoms with Crippen LogP contribution in [0.1, 0.15) is 32.8 Å². The molecule has 0 heterocycles. The second-order valence-electron chi connectivity index (χ2n) is 4.87. The highest BCUT2D eigenvalue weighted by Gasteiger charge is 2.05. The largest absolute Gasteiger partial charge is 0.483 e. The Morgan fingerprint density at radius 2 is 2.05 bits per heavy atom. The Balaban J connectivity index is 2.19. The van der Waals surface area contributed by atoms with Crippen LogP contribution in [0.25, 0.3) is 0 Å². The van der Waals surface area contributed by atoms with E-state index in [1.54, 1.807) is 0 Å². The summed E-state index contributed by atoms with van der Waals surface area (Å²) in [7, 11) is 0. The van der Waals surface area contributed by atoms with E-state index in [2.05, 4.69) is 12.2 Å². The highest BCUT2D eigenvalue weighted by Crippen LogP contribution is 2.17. The SMILES string of the molecule is CCc1ccccc1OCC(=O)NCCCOC(C)C. The predicted octanol–water partition coefficient (Wildman–Crippen LogP) is 2.56. The van der Waals surface area contributed by atoms with E-state index in [4.69, 9.17) is 9.47 Å². The smallest absolute Gasteiger partial charge is 0.257 e. The molecular formula is C16H25NO3. The summed E-state index contributed by atoms with van der Waals surface area (Å²) in [5.74, 6) is 0.689. The van der Waals surface area contributed by atoms with Crippen LogP contribution in [0.15, 0.2) is 24.3 Å². The molecule has 112 valence electrons. The normalized spacial score (nSPS) is 10.6. The first-order valence-corrected chi connectivity index (χ1v) is 7.22. The number of carbonyl (C=O) groups is 1. The average Bonchev–Trinajstić information content (AvgIpc) is 2.44. The van der Waals surface area contributed by atoms with Crippen LogP contribution in [0.4, 0.5) is 0 Å². The van der Waals surface area contributed by atoms with Crippen LogP contribution >= 0.6 is 0 Å². The fourth-order valence-corrected chi connectivity index (χ4v) is 1.75. The third kappa shape index (κ3) is 6.57. The average molecular weight is 279 g/mol. The molecule has 1 aromatic carbocycles. The van der Waals surface area contributed by atoms with E-state index in [1.807, 2.05) is 38.1 Å². The molecule has 0 bridgehead atoms. The molecule has 0 unspecified atom stereocenters. The second kappa shape index (κ2) is 9.37. The minimum absolute atomic E-state index is 0.0576. The summed E-state index contributed by atoms with van der Waals surface area (Å²) in [4.78, 5) is 11.6. The van der Waals surface area contributed by atoms with Crippen molar-refractivity contribution in [1.82, 2.24) is 5.32 Å². The van der Waals surface area contributed by atoms with Crippen molar-refractivity contribution in [3.63, 3.8) is 0 Å². The molecule has 0 radical (unpaired) electrons. The summed E-state index contributed by atoms with van der Waals surface area (Å²) in [6.07, 6.45) is 1.94. The molecule has 0 spiro atoms. The van der Waals surface area contributed by atoms with Crippen LogP contribution in [0.2, 0.25) is 0 Å². The van der Waals surface area contributed by atoms with E-state index < -0.39 is 0 Å². The molecule has 0 aliphatic carbocycles. The Hall–Kier alpha value is -1.55. The van der Waals surface area contributed by atoms with Crippen LogP contribution in [0.3, 0.4) is 0 Å². The highest BCUT2D eigenvalue weighted by atomic mass is 16.5. The van der Waals surface area contributed by atoms with Gasteiger partial charge in [0.1, 0.15) is 5.75 Å². The van der Waals surface area contributed by atoms with Crippen molar-refractivity contribution in [2.45, 2.75) is 39.7 Å². The lowest BCUT2D eigenvalue weighted by Crippen LogP contribution is -2.30. The zero-order valence-electron chi connectivity index (χ0n) is 12.6. The first-order valence-electron chi connectivity index (χ1n) is 7.22. The summed E-state index contributed by atoms with van der Waals surface area (Å²) < 4.78 is 10.9. The third-order valence-electron chi connectivity index (χ3n) is 2.81. The van der Waals surface area contributed by atoms with Crippen LogP contribution in [-0.4, -0.2) is 31.8 Å². The van der Waals surface area contributed by atoms with Crippen molar-refractivity contribution in [2.24, 2.45) is 0 Å². The lowest BCUT2D eigenvalue weighted by Gasteiger charge is -2.11. The lowest BCUT2D eigenvalue weighted by atomic mass is 10.1. The molecule has 0 aliphatic rings. The molecule has 4 nitrogen and oxygen atoms in total. The van der Waals surface area contributed by atoms with Gasteiger partial charge in [0.25, 0.3) is 5.91 Å². The Labute approximate surface area is 121 Å². The Bertz CT molecular complexity index is 404. The number of hydrogen-bond acceptors (Lipinski definition) is 3. The van der Waals surface area contributed by atoms with Crippen molar-refractivity contribution < 1.29 is 14.3 Å². The van der Waals surface area contributed by atoms with E-state index in [1.165, 1.54) is 0 Å². The summed E-state index contributed by atoms with van der Waals surface area (Å²) >= 11 is 0. The summed E-state index contributed by atoms with van der Waals surface area (Å²) in [5.41, 5.74) is 1.12. The van der Waals surface area contributed by atoms with Gasteiger partial charge < -0.3 is 14.8 Å². The van der Waals surface area contributed by atoms with E-state index in [0.717, 1.165) is 24.2 Å². The number of ether oxygens (including phenoxy) is 2. The Kier molecular flexibility index (Phi) is 7.73. The minimum atomic E-state index is -0.0968. The summed E-state index contributed by atoms with van der Waals surface area (Å²) in [6, 6.07) is 7.79.